The van der Waals surface area contributed by atoms with Gasteiger partial charge in [0.15, 0.2) is 0 Å². The maximum absolute atomic E-state index is 10.9. The van der Waals surface area contributed by atoms with Gasteiger partial charge in [0, 0.05) is 0 Å². The van der Waals surface area contributed by atoms with Gasteiger partial charge in [0.1, 0.15) is 0 Å². The van der Waals surface area contributed by atoms with E-state index >= 15 is 0 Å². The monoisotopic (exact) mass is 291 g/mol. The van der Waals surface area contributed by atoms with Gasteiger partial charge in [-0.05, 0) is 57.5 Å². The van der Waals surface area contributed by atoms with Crippen molar-refractivity contribution < 1.29 is 17.3 Å². The zero-order valence-electron chi connectivity index (χ0n) is 11.6. The Morgan fingerprint density at radius 3 is 2.16 bits per heavy atom. The van der Waals surface area contributed by atoms with Crippen LogP contribution in [0.2, 0.25) is 0 Å². The molecule has 1 saturated carbocycles. The van der Waals surface area contributed by atoms with Gasteiger partial charge in [-0.3, -0.25) is 4.18 Å². The Morgan fingerprint density at radius 2 is 1.58 bits per heavy atom. The lowest BCUT2D eigenvalue weighted by molar-refractivity contribution is -0.0500. The number of ether oxygens (including phenoxy) is 1. The second-order valence-corrected chi connectivity index (χ2v) is 7.36. The lowest BCUT2D eigenvalue weighted by Crippen LogP contribution is -2.36. The quantitative estimate of drug-likeness (QED) is 0.773. The molecule has 1 aliphatic carbocycles. The van der Waals surface area contributed by atoms with Gasteiger partial charge in [0.25, 0.3) is 10.1 Å². The average Bonchev–Trinajstić information content (AvgIpc) is 2.38. The van der Waals surface area contributed by atoms with E-state index in [9.17, 15) is 8.42 Å². The van der Waals surface area contributed by atoms with E-state index in [1.54, 1.807) is 0 Å². The van der Waals surface area contributed by atoms with Gasteiger partial charge in [-0.2, -0.15) is 8.42 Å². The zero-order valence-corrected chi connectivity index (χ0v) is 12.5. The van der Waals surface area contributed by atoms with Gasteiger partial charge in [-0.25, -0.2) is 0 Å². The van der Waals surface area contributed by atoms with Crippen LogP contribution in [0.1, 0.15) is 38.5 Å². The third-order valence-electron chi connectivity index (χ3n) is 3.98. The summed E-state index contributed by atoms with van der Waals surface area (Å²) in [6, 6.07) is 0. The standard InChI is InChI=1S/C13H25NO4S/c1-19(15,16)17-10-11-2-4-12(5-3-11)18-13-6-8-14-9-7-13/h11-14H,2-10H2,1H3. The van der Waals surface area contributed by atoms with E-state index in [0.29, 0.717) is 24.7 Å². The SMILES string of the molecule is CS(=O)(=O)OCC1CCC(OC2CCNCC2)CC1. The van der Waals surface area contributed by atoms with E-state index in [4.69, 9.17) is 8.92 Å². The third-order valence-corrected chi connectivity index (χ3v) is 4.55. The average molecular weight is 291 g/mol. The summed E-state index contributed by atoms with van der Waals surface area (Å²) in [6.45, 7) is 2.45. The number of hydrogen-bond acceptors (Lipinski definition) is 5. The van der Waals surface area contributed by atoms with E-state index in [1.165, 1.54) is 0 Å². The Bertz CT molecular complexity index is 357. The number of piperidine rings is 1. The molecule has 0 bridgehead atoms. The van der Waals surface area contributed by atoms with E-state index in [1.807, 2.05) is 0 Å². The van der Waals surface area contributed by atoms with E-state index in [0.717, 1.165) is 57.9 Å². The highest BCUT2D eigenvalue weighted by Gasteiger charge is 2.25. The molecule has 2 rings (SSSR count). The van der Waals surface area contributed by atoms with Gasteiger partial charge >= 0.3 is 0 Å². The first-order valence-corrected chi connectivity index (χ1v) is 9.05. The van der Waals surface area contributed by atoms with Crippen molar-refractivity contribution in [2.75, 3.05) is 26.0 Å². The first kappa shape index (κ1) is 15.2. The first-order chi connectivity index (χ1) is 9.03. The molecule has 1 N–H and O–H groups in total. The molecule has 0 unspecified atom stereocenters. The molecule has 0 aromatic carbocycles. The van der Waals surface area contributed by atoms with E-state index < -0.39 is 10.1 Å². The van der Waals surface area contributed by atoms with Crippen molar-refractivity contribution in [1.29, 1.82) is 0 Å². The molecule has 1 heterocycles. The third kappa shape index (κ3) is 5.77. The van der Waals surface area contributed by atoms with E-state index in [-0.39, 0.29) is 0 Å². The van der Waals surface area contributed by atoms with Crippen molar-refractivity contribution >= 4 is 10.1 Å². The summed E-state index contributed by atoms with van der Waals surface area (Å²) in [6.07, 6.45) is 8.17. The summed E-state index contributed by atoms with van der Waals surface area (Å²) in [5, 5.41) is 3.34. The van der Waals surface area contributed by atoms with Gasteiger partial charge in [-0.15, -0.1) is 0 Å². The number of nitrogens with one attached hydrogen (secondary N) is 1. The topological polar surface area (TPSA) is 64.6 Å². The largest absolute Gasteiger partial charge is 0.375 e. The smallest absolute Gasteiger partial charge is 0.264 e. The second-order valence-electron chi connectivity index (χ2n) is 5.72. The predicted molar refractivity (Wildman–Crippen MR) is 73.5 cm³/mol. The molecule has 0 aromatic rings. The molecule has 1 aliphatic heterocycles. The molecule has 0 spiro atoms. The maximum Gasteiger partial charge on any atom is 0.264 e. The van der Waals surface area contributed by atoms with Crippen LogP contribution in [0.3, 0.4) is 0 Å². The summed E-state index contributed by atoms with van der Waals surface area (Å²) < 4.78 is 32.9. The van der Waals surface area contributed by atoms with Crippen LogP contribution in [0.15, 0.2) is 0 Å². The van der Waals surface area contributed by atoms with Gasteiger partial charge in [0.2, 0.25) is 0 Å². The van der Waals surface area contributed by atoms with Gasteiger partial charge in [0.05, 0.1) is 25.1 Å². The number of hydrogen-bond donors (Lipinski definition) is 1. The Hall–Kier alpha value is -0.170. The fraction of sp³-hybridized carbons (Fsp3) is 1.00. The van der Waals surface area contributed by atoms with Crippen LogP contribution in [0, 0.1) is 5.92 Å². The Labute approximate surface area is 116 Å². The van der Waals surface area contributed by atoms with Crippen LogP contribution in [-0.2, 0) is 19.0 Å². The molecule has 0 aromatic heterocycles. The zero-order chi connectivity index (χ0) is 13.7. The van der Waals surface area contributed by atoms with E-state index in [2.05, 4.69) is 5.32 Å². The molecule has 0 atom stereocenters. The highest BCUT2D eigenvalue weighted by Crippen LogP contribution is 2.28. The van der Waals surface area contributed by atoms with Crippen LogP contribution in [-0.4, -0.2) is 46.6 Å². The minimum atomic E-state index is -3.30. The first-order valence-electron chi connectivity index (χ1n) is 7.23. The molecule has 5 nitrogen and oxygen atoms in total. The Morgan fingerprint density at radius 1 is 1.00 bits per heavy atom. The van der Waals surface area contributed by atoms with Crippen LogP contribution >= 0.6 is 0 Å². The second kappa shape index (κ2) is 7.02. The van der Waals surface area contributed by atoms with Crippen molar-refractivity contribution in [2.24, 2.45) is 5.92 Å². The lowest BCUT2D eigenvalue weighted by Gasteiger charge is -2.32. The van der Waals surface area contributed by atoms with Crippen molar-refractivity contribution in [3.63, 3.8) is 0 Å². The molecular formula is C13H25NO4S. The molecule has 1 saturated heterocycles. The highest BCUT2D eigenvalue weighted by atomic mass is 32.2. The fourth-order valence-corrected chi connectivity index (χ4v) is 3.30. The molecule has 0 radical (unpaired) electrons. The Kier molecular flexibility index (Phi) is 5.62. The molecule has 19 heavy (non-hydrogen) atoms. The minimum absolute atomic E-state index is 0.332. The van der Waals surface area contributed by atoms with Crippen LogP contribution in [0.4, 0.5) is 0 Å². The summed E-state index contributed by atoms with van der Waals surface area (Å²) in [5.74, 6) is 0.364. The van der Waals surface area contributed by atoms with Gasteiger partial charge < -0.3 is 10.1 Å². The van der Waals surface area contributed by atoms with Crippen molar-refractivity contribution in [1.82, 2.24) is 5.32 Å². The van der Waals surface area contributed by atoms with Crippen LogP contribution < -0.4 is 5.32 Å². The molecule has 2 fully saturated rings. The Balaban J connectivity index is 1.64. The fourth-order valence-electron chi connectivity index (χ4n) is 2.86. The number of rotatable bonds is 5. The van der Waals surface area contributed by atoms with Crippen molar-refractivity contribution in [3.8, 4) is 0 Å². The summed E-state index contributed by atoms with van der Waals surface area (Å²) in [4.78, 5) is 0. The minimum Gasteiger partial charge on any atom is -0.375 e. The molecular weight excluding hydrogens is 266 g/mol. The molecule has 2 aliphatic rings. The van der Waals surface area contributed by atoms with Crippen molar-refractivity contribution in [3.05, 3.63) is 0 Å². The van der Waals surface area contributed by atoms with Gasteiger partial charge in [-0.1, -0.05) is 0 Å². The predicted octanol–water partition coefficient (Wildman–Crippen LogP) is 1.29. The van der Waals surface area contributed by atoms with Crippen LogP contribution in [0.25, 0.3) is 0 Å². The molecule has 6 heteroatoms. The molecule has 0 amide bonds. The molecule has 112 valence electrons. The maximum atomic E-state index is 10.9. The normalized spacial score (nSPS) is 30.4. The summed E-state index contributed by atoms with van der Waals surface area (Å²) in [7, 11) is -3.30. The lowest BCUT2D eigenvalue weighted by atomic mass is 9.88. The van der Waals surface area contributed by atoms with Crippen molar-refractivity contribution in [2.45, 2.75) is 50.7 Å². The summed E-state index contributed by atoms with van der Waals surface area (Å²) >= 11 is 0. The summed E-state index contributed by atoms with van der Waals surface area (Å²) in [5.41, 5.74) is 0. The van der Waals surface area contributed by atoms with Crippen LogP contribution in [0.5, 0.6) is 0 Å². The highest BCUT2D eigenvalue weighted by molar-refractivity contribution is 7.85.